The second-order valence-corrected chi connectivity index (χ2v) is 12.2. The van der Waals surface area contributed by atoms with Crippen LogP contribution in [0.4, 0.5) is 0 Å². The van der Waals surface area contributed by atoms with Crippen LogP contribution >= 0.6 is 0 Å². The molecule has 1 aliphatic carbocycles. The summed E-state index contributed by atoms with van der Waals surface area (Å²) < 4.78 is 5.52. The van der Waals surface area contributed by atoms with Crippen molar-refractivity contribution in [1.82, 2.24) is 15.5 Å². The normalized spacial score (nSPS) is 21.1. The lowest BCUT2D eigenvalue weighted by Crippen LogP contribution is -2.67. The molecule has 2 N–H and O–H groups in total. The van der Waals surface area contributed by atoms with E-state index in [2.05, 4.69) is 22.8 Å². The standard InChI is InChI=1S/C31H37N3O4/c1-18(2)14-24-28(35)32-26(23-15-19-8-6-7-9-20(19)16-23)30(37)34(24)27(29(36)33-31(3,4)5)22-10-11-25-21(17-22)12-13-38-25/h6-13,17-18,23-24,26-27H,14-16H2,1-5H3,(H,32,35)(H,33,36). The number of furan rings is 1. The van der Waals surface area contributed by atoms with Crippen LogP contribution in [0.2, 0.25) is 0 Å². The summed E-state index contributed by atoms with van der Waals surface area (Å²) in [7, 11) is 0. The second kappa shape index (κ2) is 9.93. The third-order valence-corrected chi connectivity index (χ3v) is 7.52. The zero-order chi connectivity index (χ0) is 27.2. The molecule has 2 aliphatic rings. The SMILES string of the molecule is CC(C)CC1C(=O)NC(C2Cc3ccccc3C2)C(=O)N1C(C(=O)NC(C)(C)C)c1ccc2occc2c1. The van der Waals surface area contributed by atoms with E-state index < -0.39 is 23.7 Å². The molecular weight excluding hydrogens is 478 g/mol. The van der Waals surface area contributed by atoms with Gasteiger partial charge in [0.05, 0.1) is 6.26 Å². The van der Waals surface area contributed by atoms with E-state index in [1.807, 2.05) is 71.0 Å². The lowest BCUT2D eigenvalue weighted by Gasteiger charge is -2.45. The number of fused-ring (bicyclic) bond motifs is 2. The second-order valence-electron chi connectivity index (χ2n) is 12.2. The van der Waals surface area contributed by atoms with Crippen LogP contribution in [0, 0.1) is 11.8 Å². The van der Waals surface area contributed by atoms with E-state index in [0.29, 0.717) is 17.6 Å². The summed E-state index contributed by atoms with van der Waals surface area (Å²) in [5.74, 6) is -0.609. The van der Waals surface area contributed by atoms with Crippen LogP contribution in [0.25, 0.3) is 11.0 Å². The summed E-state index contributed by atoms with van der Waals surface area (Å²) in [5, 5.41) is 6.99. The lowest BCUT2D eigenvalue weighted by molar-refractivity contribution is -0.158. The first-order valence-corrected chi connectivity index (χ1v) is 13.5. The Hall–Kier alpha value is -3.61. The van der Waals surface area contributed by atoms with E-state index in [1.165, 1.54) is 11.1 Å². The molecule has 3 unspecified atom stereocenters. The fourth-order valence-electron chi connectivity index (χ4n) is 5.91. The number of carbonyl (C=O) groups excluding carboxylic acids is 3. The predicted octanol–water partition coefficient (Wildman–Crippen LogP) is 4.55. The molecule has 3 aromatic rings. The molecule has 0 spiro atoms. The topological polar surface area (TPSA) is 91.7 Å². The minimum atomic E-state index is -0.956. The van der Waals surface area contributed by atoms with Gasteiger partial charge >= 0.3 is 0 Å². The van der Waals surface area contributed by atoms with Crippen molar-refractivity contribution in [3.05, 3.63) is 71.5 Å². The van der Waals surface area contributed by atoms with Gasteiger partial charge in [-0.25, -0.2) is 0 Å². The number of amides is 3. The van der Waals surface area contributed by atoms with Crippen LogP contribution in [0.15, 0.2) is 59.2 Å². The highest BCUT2D eigenvalue weighted by Crippen LogP contribution is 2.36. The van der Waals surface area contributed by atoms with Gasteiger partial charge in [0.1, 0.15) is 23.7 Å². The maximum Gasteiger partial charge on any atom is 0.247 e. The molecule has 7 nitrogen and oxygen atoms in total. The molecular formula is C31H37N3O4. The molecule has 0 radical (unpaired) electrons. The van der Waals surface area contributed by atoms with Crippen molar-refractivity contribution in [3.8, 4) is 0 Å². The molecule has 1 aromatic heterocycles. The van der Waals surface area contributed by atoms with Crippen molar-refractivity contribution < 1.29 is 18.8 Å². The zero-order valence-electron chi connectivity index (χ0n) is 22.8. The Kier molecular flexibility index (Phi) is 6.80. The minimum absolute atomic E-state index is 0.0611. The Bertz CT molecular complexity index is 1340. The van der Waals surface area contributed by atoms with Crippen LogP contribution in [0.5, 0.6) is 0 Å². The Labute approximate surface area is 224 Å². The van der Waals surface area contributed by atoms with Crippen LogP contribution in [0.3, 0.4) is 0 Å². The fraction of sp³-hybridized carbons (Fsp3) is 0.452. The molecule has 3 atom stereocenters. The molecule has 7 heteroatoms. The number of nitrogens with zero attached hydrogens (tertiary/aromatic N) is 1. The van der Waals surface area contributed by atoms with Gasteiger partial charge in [-0.3, -0.25) is 14.4 Å². The van der Waals surface area contributed by atoms with Crippen molar-refractivity contribution in [2.75, 3.05) is 0 Å². The molecule has 2 heterocycles. The first-order valence-electron chi connectivity index (χ1n) is 13.5. The number of rotatable bonds is 6. The number of carbonyl (C=O) groups is 3. The summed E-state index contributed by atoms with van der Waals surface area (Å²) >= 11 is 0. The molecule has 5 rings (SSSR count). The first-order chi connectivity index (χ1) is 18.0. The van der Waals surface area contributed by atoms with Gasteiger partial charge in [0.2, 0.25) is 17.7 Å². The maximum absolute atomic E-state index is 14.4. The largest absolute Gasteiger partial charge is 0.464 e. The zero-order valence-corrected chi connectivity index (χ0v) is 22.8. The molecule has 0 saturated carbocycles. The van der Waals surface area contributed by atoms with E-state index in [0.717, 1.165) is 18.2 Å². The Morgan fingerprint density at radius 1 is 1.08 bits per heavy atom. The van der Waals surface area contributed by atoms with Crippen molar-refractivity contribution in [2.45, 2.75) is 77.5 Å². The van der Waals surface area contributed by atoms with Crippen LogP contribution in [0.1, 0.15) is 63.8 Å². The number of nitrogens with one attached hydrogen (secondary N) is 2. The molecule has 200 valence electrons. The van der Waals surface area contributed by atoms with Crippen LogP contribution in [-0.4, -0.2) is 40.2 Å². The van der Waals surface area contributed by atoms with Gasteiger partial charge in [0.25, 0.3) is 0 Å². The summed E-state index contributed by atoms with van der Waals surface area (Å²) in [6.07, 6.45) is 3.50. The molecule has 1 aliphatic heterocycles. The van der Waals surface area contributed by atoms with E-state index in [1.54, 1.807) is 11.2 Å². The maximum atomic E-state index is 14.4. The van der Waals surface area contributed by atoms with Crippen molar-refractivity contribution >= 4 is 28.7 Å². The number of hydrogen-bond donors (Lipinski definition) is 2. The highest BCUT2D eigenvalue weighted by molar-refractivity contribution is 6.00. The predicted molar refractivity (Wildman–Crippen MR) is 146 cm³/mol. The summed E-state index contributed by atoms with van der Waals surface area (Å²) in [5.41, 5.74) is 3.26. The van der Waals surface area contributed by atoms with Crippen molar-refractivity contribution in [1.29, 1.82) is 0 Å². The highest BCUT2D eigenvalue weighted by atomic mass is 16.3. The van der Waals surface area contributed by atoms with Gasteiger partial charge in [-0.1, -0.05) is 44.2 Å². The van der Waals surface area contributed by atoms with Crippen LogP contribution in [-0.2, 0) is 27.2 Å². The number of piperazine rings is 1. The van der Waals surface area contributed by atoms with Gasteiger partial charge in [0, 0.05) is 10.9 Å². The average Bonchev–Trinajstić information content (AvgIpc) is 3.48. The third-order valence-electron chi connectivity index (χ3n) is 7.52. The van der Waals surface area contributed by atoms with Crippen molar-refractivity contribution in [3.63, 3.8) is 0 Å². The minimum Gasteiger partial charge on any atom is -0.464 e. The van der Waals surface area contributed by atoms with E-state index in [4.69, 9.17) is 4.42 Å². The molecule has 1 saturated heterocycles. The van der Waals surface area contributed by atoms with Gasteiger partial charge in [-0.2, -0.15) is 0 Å². The van der Waals surface area contributed by atoms with Gasteiger partial charge in [0.15, 0.2) is 0 Å². The average molecular weight is 516 g/mol. The number of benzene rings is 2. The molecule has 38 heavy (non-hydrogen) atoms. The van der Waals surface area contributed by atoms with Gasteiger partial charge in [-0.15, -0.1) is 0 Å². The van der Waals surface area contributed by atoms with Gasteiger partial charge < -0.3 is 20.0 Å². The van der Waals surface area contributed by atoms with E-state index in [9.17, 15) is 14.4 Å². The van der Waals surface area contributed by atoms with Gasteiger partial charge in [-0.05, 0) is 86.8 Å². The Balaban J connectivity index is 1.58. The van der Waals surface area contributed by atoms with Crippen molar-refractivity contribution in [2.24, 2.45) is 11.8 Å². The Morgan fingerprint density at radius 3 is 2.39 bits per heavy atom. The lowest BCUT2D eigenvalue weighted by atomic mass is 9.87. The summed E-state index contributed by atoms with van der Waals surface area (Å²) in [6.45, 7) is 9.79. The third kappa shape index (κ3) is 5.06. The smallest absolute Gasteiger partial charge is 0.247 e. The summed E-state index contributed by atoms with van der Waals surface area (Å²) in [6, 6.07) is 13.2. The molecule has 3 amide bonds. The molecule has 2 aromatic carbocycles. The van der Waals surface area contributed by atoms with E-state index >= 15 is 0 Å². The molecule has 1 fully saturated rings. The first kappa shape index (κ1) is 26.0. The number of hydrogen-bond acceptors (Lipinski definition) is 4. The quantitative estimate of drug-likeness (QED) is 0.504. The van der Waals surface area contributed by atoms with E-state index in [-0.39, 0.29) is 29.6 Å². The Morgan fingerprint density at radius 2 is 1.76 bits per heavy atom. The fourth-order valence-corrected chi connectivity index (χ4v) is 5.91. The summed E-state index contributed by atoms with van der Waals surface area (Å²) in [4.78, 5) is 43.6. The van der Waals surface area contributed by atoms with Crippen LogP contribution < -0.4 is 10.6 Å². The molecule has 0 bridgehead atoms. The highest BCUT2D eigenvalue weighted by Gasteiger charge is 2.49. The monoisotopic (exact) mass is 515 g/mol.